The fourth-order valence-corrected chi connectivity index (χ4v) is 3.88. The van der Waals surface area contributed by atoms with E-state index < -0.39 is 0 Å². The van der Waals surface area contributed by atoms with Gasteiger partial charge in [-0.05, 0) is 61.7 Å². The first-order valence-electron chi connectivity index (χ1n) is 10.6. The monoisotopic (exact) mass is 467 g/mol. The smallest absolute Gasteiger partial charge is 0.237 e. The molecule has 0 saturated heterocycles. The Morgan fingerprint density at radius 2 is 1.82 bits per heavy atom. The zero-order valence-electron chi connectivity index (χ0n) is 19.5. The molecular weight excluding hydrogens is 438 g/mol. The molecule has 1 aromatic heterocycles. The molecule has 0 aliphatic carbocycles. The van der Waals surface area contributed by atoms with Crippen LogP contribution in [0.5, 0.6) is 5.75 Å². The van der Waals surface area contributed by atoms with Crippen LogP contribution in [0.1, 0.15) is 29.4 Å². The minimum Gasteiger partial charge on any atom is -0.497 e. The minimum atomic E-state index is -0.368. The summed E-state index contributed by atoms with van der Waals surface area (Å²) in [5.41, 5.74) is 3.97. The van der Waals surface area contributed by atoms with Crippen LogP contribution >= 0.6 is 11.8 Å². The Morgan fingerprint density at radius 1 is 1.09 bits per heavy atom. The van der Waals surface area contributed by atoms with Gasteiger partial charge in [-0.25, -0.2) is 0 Å². The minimum absolute atomic E-state index is 0.111. The number of aryl methyl sites for hydroxylation is 2. The highest BCUT2D eigenvalue weighted by Crippen LogP contribution is 2.23. The summed E-state index contributed by atoms with van der Waals surface area (Å²) in [5, 5.41) is 14.4. The first-order valence-corrected chi connectivity index (χ1v) is 11.5. The Labute approximate surface area is 198 Å². The Bertz CT molecular complexity index is 1130. The van der Waals surface area contributed by atoms with Crippen molar-refractivity contribution in [3.05, 3.63) is 65.0 Å². The second-order valence-electron chi connectivity index (χ2n) is 7.81. The van der Waals surface area contributed by atoms with Crippen LogP contribution in [0.3, 0.4) is 0 Å². The zero-order valence-corrected chi connectivity index (χ0v) is 20.3. The second-order valence-corrected chi connectivity index (χ2v) is 9.12. The molecule has 33 heavy (non-hydrogen) atoms. The van der Waals surface area contributed by atoms with Gasteiger partial charge in [0.2, 0.25) is 11.8 Å². The topological polar surface area (TPSA) is 98.1 Å². The SMILES string of the molecule is COc1ccc(CC(=O)NCc2nnc(SC(C)C(=O)Nc3ccc(C)c(C)c3)n2C)cc1. The van der Waals surface area contributed by atoms with Gasteiger partial charge in [-0.1, -0.05) is 30.0 Å². The summed E-state index contributed by atoms with van der Waals surface area (Å²) in [4.78, 5) is 24.9. The molecule has 8 nitrogen and oxygen atoms in total. The molecule has 0 aliphatic rings. The van der Waals surface area contributed by atoms with E-state index in [0.717, 1.165) is 22.6 Å². The standard InChI is InChI=1S/C24H29N5O3S/c1-15-6-9-19(12-16(15)2)26-23(31)17(3)33-24-28-27-21(29(24)4)14-25-22(30)13-18-7-10-20(32-5)11-8-18/h6-12,17H,13-14H2,1-5H3,(H,25,30)(H,26,31). The average molecular weight is 468 g/mol. The van der Waals surface area contributed by atoms with Crippen molar-refractivity contribution < 1.29 is 14.3 Å². The van der Waals surface area contributed by atoms with Crippen molar-refractivity contribution in [2.24, 2.45) is 7.05 Å². The van der Waals surface area contributed by atoms with Gasteiger partial charge in [-0.3, -0.25) is 9.59 Å². The van der Waals surface area contributed by atoms with E-state index in [1.54, 1.807) is 11.7 Å². The van der Waals surface area contributed by atoms with Crippen LogP contribution in [0.25, 0.3) is 0 Å². The van der Waals surface area contributed by atoms with Gasteiger partial charge >= 0.3 is 0 Å². The number of nitrogens with one attached hydrogen (secondary N) is 2. The van der Waals surface area contributed by atoms with E-state index in [1.165, 1.54) is 17.3 Å². The summed E-state index contributed by atoms with van der Waals surface area (Å²) in [6.07, 6.45) is 0.263. The largest absolute Gasteiger partial charge is 0.497 e. The highest BCUT2D eigenvalue weighted by atomic mass is 32.2. The molecule has 0 bridgehead atoms. The summed E-state index contributed by atoms with van der Waals surface area (Å²) in [7, 11) is 3.43. The van der Waals surface area contributed by atoms with Crippen LogP contribution < -0.4 is 15.4 Å². The molecule has 1 atom stereocenters. The van der Waals surface area contributed by atoms with Crippen LogP contribution in [0.2, 0.25) is 0 Å². The van der Waals surface area contributed by atoms with Crippen molar-refractivity contribution in [2.45, 2.75) is 44.1 Å². The van der Waals surface area contributed by atoms with Gasteiger partial charge < -0.3 is 19.9 Å². The molecule has 2 aromatic carbocycles. The van der Waals surface area contributed by atoms with Crippen molar-refractivity contribution in [2.75, 3.05) is 12.4 Å². The van der Waals surface area contributed by atoms with Crippen LogP contribution in [0.4, 0.5) is 5.69 Å². The lowest BCUT2D eigenvalue weighted by Crippen LogP contribution is -2.26. The summed E-state index contributed by atoms with van der Waals surface area (Å²) in [5.74, 6) is 1.14. The van der Waals surface area contributed by atoms with E-state index in [2.05, 4.69) is 20.8 Å². The first kappa shape index (κ1) is 24.3. The lowest BCUT2D eigenvalue weighted by atomic mass is 10.1. The van der Waals surface area contributed by atoms with E-state index in [4.69, 9.17) is 4.74 Å². The normalized spacial score (nSPS) is 11.7. The van der Waals surface area contributed by atoms with Gasteiger partial charge in [-0.2, -0.15) is 0 Å². The van der Waals surface area contributed by atoms with Crippen molar-refractivity contribution in [3.63, 3.8) is 0 Å². The molecular formula is C24H29N5O3S. The number of ether oxygens (including phenoxy) is 1. The van der Waals surface area contributed by atoms with Crippen LogP contribution in [-0.2, 0) is 29.6 Å². The van der Waals surface area contributed by atoms with E-state index >= 15 is 0 Å². The van der Waals surface area contributed by atoms with Gasteiger partial charge in [0.05, 0.1) is 25.3 Å². The second kappa shape index (κ2) is 11.0. The third kappa shape index (κ3) is 6.58. The number of hydrogen-bond acceptors (Lipinski definition) is 6. The van der Waals surface area contributed by atoms with Crippen LogP contribution in [-0.4, -0.2) is 38.9 Å². The fourth-order valence-electron chi connectivity index (χ4n) is 3.05. The summed E-state index contributed by atoms with van der Waals surface area (Å²) in [6.45, 7) is 6.13. The molecule has 0 radical (unpaired) electrons. The maximum atomic E-state index is 12.6. The molecule has 0 saturated carbocycles. The number of rotatable bonds is 9. The lowest BCUT2D eigenvalue weighted by molar-refractivity contribution is -0.120. The predicted molar refractivity (Wildman–Crippen MR) is 129 cm³/mol. The molecule has 0 aliphatic heterocycles. The average Bonchev–Trinajstić information content (AvgIpc) is 3.14. The number of thioether (sulfide) groups is 1. The highest BCUT2D eigenvalue weighted by Gasteiger charge is 2.19. The first-order chi connectivity index (χ1) is 15.8. The van der Waals surface area contributed by atoms with Crippen LogP contribution in [0.15, 0.2) is 47.6 Å². The number of benzene rings is 2. The van der Waals surface area contributed by atoms with Crippen molar-refractivity contribution in [1.82, 2.24) is 20.1 Å². The van der Waals surface area contributed by atoms with Gasteiger partial charge in [0, 0.05) is 12.7 Å². The molecule has 3 rings (SSSR count). The molecule has 174 valence electrons. The summed E-state index contributed by atoms with van der Waals surface area (Å²) >= 11 is 1.32. The van der Waals surface area contributed by atoms with Gasteiger partial charge in [0.25, 0.3) is 0 Å². The van der Waals surface area contributed by atoms with E-state index in [-0.39, 0.29) is 30.0 Å². The molecule has 1 heterocycles. The number of carbonyl (C=O) groups is 2. The Hall–Kier alpha value is -3.33. The molecule has 1 unspecified atom stereocenters. The fraction of sp³-hybridized carbons (Fsp3) is 0.333. The highest BCUT2D eigenvalue weighted by molar-refractivity contribution is 8.00. The number of anilines is 1. The third-order valence-electron chi connectivity index (χ3n) is 5.32. The molecule has 2 amide bonds. The molecule has 9 heteroatoms. The zero-order chi connectivity index (χ0) is 24.0. The van der Waals surface area contributed by atoms with Gasteiger partial charge in [-0.15, -0.1) is 10.2 Å². The molecule has 2 N–H and O–H groups in total. The summed E-state index contributed by atoms with van der Waals surface area (Å²) in [6, 6.07) is 13.2. The van der Waals surface area contributed by atoms with Crippen molar-refractivity contribution >= 4 is 29.3 Å². The van der Waals surface area contributed by atoms with Crippen molar-refractivity contribution in [3.8, 4) is 5.75 Å². The number of methoxy groups -OCH3 is 1. The predicted octanol–water partition coefficient (Wildman–Crippen LogP) is 3.42. The van der Waals surface area contributed by atoms with E-state index in [9.17, 15) is 9.59 Å². The van der Waals surface area contributed by atoms with E-state index in [1.807, 2.05) is 70.3 Å². The number of carbonyl (C=O) groups excluding carboxylic acids is 2. The Balaban J connectivity index is 1.52. The molecule has 0 fully saturated rings. The number of amides is 2. The number of aromatic nitrogens is 3. The number of nitrogens with zero attached hydrogens (tertiary/aromatic N) is 3. The van der Waals surface area contributed by atoms with Gasteiger partial charge in [0.1, 0.15) is 5.75 Å². The maximum absolute atomic E-state index is 12.6. The van der Waals surface area contributed by atoms with Crippen molar-refractivity contribution in [1.29, 1.82) is 0 Å². The molecule has 3 aromatic rings. The third-order valence-corrected chi connectivity index (χ3v) is 6.45. The quantitative estimate of drug-likeness (QED) is 0.468. The molecule has 0 spiro atoms. The van der Waals surface area contributed by atoms with E-state index in [0.29, 0.717) is 11.0 Å². The Kier molecular flexibility index (Phi) is 8.11. The Morgan fingerprint density at radius 3 is 2.48 bits per heavy atom. The number of hydrogen-bond donors (Lipinski definition) is 2. The summed E-state index contributed by atoms with van der Waals surface area (Å²) < 4.78 is 6.92. The van der Waals surface area contributed by atoms with Crippen LogP contribution in [0, 0.1) is 13.8 Å². The van der Waals surface area contributed by atoms with Gasteiger partial charge in [0.15, 0.2) is 11.0 Å². The lowest BCUT2D eigenvalue weighted by Gasteiger charge is -2.13. The maximum Gasteiger partial charge on any atom is 0.237 e.